The van der Waals surface area contributed by atoms with Crippen molar-refractivity contribution in [2.75, 3.05) is 31.6 Å². The van der Waals surface area contributed by atoms with Crippen LogP contribution in [0.4, 0.5) is 10.5 Å². The van der Waals surface area contributed by atoms with Crippen molar-refractivity contribution in [2.24, 2.45) is 5.92 Å². The van der Waals surface area contributed by atoms with Gasteiger partial charge in [0.2, 0.25) is 0 Å². The van der Waals surface area contributed by atoms with E-state index in [1.54, 1.807) is 18.2 Å². The van der Waals surface area contributed by atoms with Crippen molar-refractivity contribution in [1.82, 2.24) is 10.6 Å². The Morgan fingerprint density at radius 1 is 1.35 bits per heavy atom. The van der Waals surface area contributed by atoms with Crippen LogP contribution in [0, 0.1) is 5.92 Å². The first-order valence-electron chi connectivity index (χ1n) is 7.80. The molecule has 1 aliphatic heterocycles. The van der Waals surface area contributed by atoms with Gasteiger partial charge in [0.05, 0.1) is 17.3 Å². The molecule has 1 fully saturated rings. The van der Waals surface area contributed by atoms with Gasteiger partial charge in [0.1, 0.15) is 0 Å². The van der Waals surface area contributed by atoms with Crippen molar-refractivity contribution < 1.29 is 14.3 Å². The maximum atomic E-state index is 12.0. The molecule has 1 heterocycles. The second kappa shape index (κ2) is 8.74. The van der Waals surface area contributed by atoms with Gasteiger partial charge in [0, 0.05) is 31.2 Å². The second-order valence-corrected chi connectivity index (χ2v) is 5.92. The van der Waals surface area contributed by atoms with Crippen LogP contribution in [0.3, 0.4) is 0 Å². The second-order valence-electron chi connectivity index (χ2n) is 5.52. The molecule has 6 nitrogen and oxygen atoms in total. The molecule has 0 bridgehead atoms. The van der Waals surface area contributed by atoms with Crippen molar-refractivity contribution >= 4 is 29.2 Å². The first-order valence-corrected chi connectivity index (χ1v) is 8.18. The van der Waals surface area contributed by atoms with Crippen LogP contribution < -0.4 is 16.0 Å². The molecule has 3 amide bonds. The van der Waals surface area contributed by atoms with Crippen LogP contribution in [-0.4, -0.2) is 38.2 Å². The number of halogens is 1. The molecule has 1 aromatic carbocycles. The first-order chi connectivity index (χ1) is 11.1. The molecule has 126 valence electrons. The maximum Gasteiger partial charge on any atom is 0.319 e. The number of hydrogen-bond acceptors (Lipinski definition) is 3. The minimum absolute atomic E-state index is 0.185. The Morgan fingerprint density at radius 3 is 2.87 bits per heavy atom. The molecular formula is C16H22ClN3O3. The molecule has 0 aliphatic carbocycles. The molecule has 1 aliphatic rings. The fourth-order valence-electron chi connectivity index (χ4n) is 2.25. The lowest BCUT2D eigenvalue weighted by atomic mass is 10.1. The summed E-state index contributed by atoms with van der Waals surface area (Å²) in [5.41, 5.74) is 0.873. The van der Waals surface area contributed by atoms with E-state index in [0.717, 1.165) is 19.4 Å². The molecule has 1 atom stereocenters. The lowest BCUT2D eigenvalue weighted by Gasteiger charge is -2.12. The number of rotatable bonds is 6. The third-order valence-corrected chi connectivity index (χ3v) is 3.92. The molecule has 0 unspecified atom stereocenters. The Hall–Kier alpha value is -1.79. The van der Waals surface area contributed by atoms with Crippen LogP contribution in [-0.2, 0) is 4.74 Å². The van der Waals surface area contributed by atoms with Gasteiger partial charge >= 0.3 is 6.03 Å². The Labute approximate surface area is 140 Å². The number of benzene rings is 1. The van der Waals surface area contributed by atoms with Crippen LogP contribution in [0.2, 0.25) is 5.02 Å². The predicted molar refractivity (Wildman–Crippen MR) is 90.0 cm³/mol. The van der Waals surface area contributed by atoms with Gasteiger partial charge in [-0.25, -0.2) is 4.79 Å². The zero-order valence-corrected chi connectivity index (χ0v) is 13.9. The van der Waals surface area contributed by atoms with Crippen molar-refractivity contribution in [3.63, 3.8) is 0 Å². The molecular weight excluding hydrogens is 318 g/mol. The Morgan fingerprint density at radius 2 is 2.17 bits per heavy atom. The summed E-state index contributed by atoms with van der Waals surface area (Å²) in [6, 6.07) is 4.46. The van der Waals surface area contributed by atoms with Crippen LogP contribution in [0.25, 0.3) is 0 Å². The van der Waals surface area contributed by atoms with E-state index in [2.05, 4.69) is 16.0 Å². The van der Waals surface area contributed by atoms with E-state index in [0.29, 0.717) is 41.9 Å². The topological polar surface area (TPSA) is 79.5 Å². The Bertz CT molecular complexity index is 560. The third-order valence-electron chi connectivity index (χ3n) is 3.59. The summed E-state index contributed by atoms with van der Waals surface area (Å²) in [4.78, 5) is 23.9. The van der Waals surface area contributed by atoms with Gasteiger partial charge in [0.15, 0.2) is 0 Å². The standard InChI is InChI=1S/C16H22ClN3O3/c1-2-6-18-15(21)12-3-4-13(17)14(8-12)20-16(22)19-9-11-5-7-23-10-11/h3-4,8,11H,2,5-7,9-10H2,1H3,(H,18,21)(H2,19,20,22)/t11-/m1/s1. The molecule has 0 radical (unpaired) electrons. The molecule has 0 saturated carbocycles. The fourth-order valence-corrected chi connectivity index (χ4v) is 2.42. The highest BCUT2D eigenvalue weighted by molar-refractivity contribution is 6.33. The van der Waals surface area contributed by atoms with E-state index in [4.69, 9.17) is 16.3 Å². The summed E-state index contributed by atoms with van der Waals surface area (Å²) in [5, 5.41) is 8.65. The molecule has 0 aromatic heterocycles. The van der Waals surface area contributed by atoms with Crippen molar-refractivity contribution in [3.05, 3.63) is 28.8 Å². The summed E-state index contributed by atoms with van der Waals surface area (Å²) in [5.74, 6) is 0.164. The molecule has 23 heavy (non-hydrogen) atoms. The number of nitrogens with one attached hydrogen (secondary N) is 3. The average molecular weight is 340 g/mol. The van der Waals surface area contributed by atoms with Crippen LogP contribution in [0.15, 0.2) is 18.2 Å². The normalized spacial score (nSPS) is 16.9. The van der Waals surface area contributed by atoms with Crippen LogP contribution in [0.5, 0.6) is 0 Å². The number of hydrogen-bond donors (Lipinski definition) is 3. The number of anilines is 1. The minimum Gasteiger partial charge on any atom is -0.381 e. The lowest BCUT2D eigenvalue weighted by molar-refractivity contribution is 0.0953. The van der Waals surface area contributed by atoms with E-state index >= 15 is 0 Å². The van der Waals surface area contributed by atoms with E-state index in [1.165, 1.54) is 0 Å². The SMILES string of the molecule is CCCNC(=O)c1ccc(Cl)c(NC(=O)NC[C@H]2CCOC2)c1. The van der Waals surface area contributed by atoms with Gasteiger partial charge in [-0.3, -0.25) is 4.79 Å². The van der Waals surface area contributed by atoms with Gasteiger partial charge in [-0.05, 0) is 31.0 Å². The number of carbonyl (C=O) groups excluding carboxylic acids is 2. The smallest absolute Gasteiger partial charge is 0.319 e. The van der Waals surface area contributed by atoms with E-state index in [-0.39, 0.29) is 11.9 Å². The molecule has 1 saturated heterocycles. The summed E-state index contributed by atoms with van der Waals surface area (Å²) < 4.78 is 5.26. The first kappa shape index (κ1) is 17.6. The van der Waals surface area contributed by atoms with Gasteiger partial charge in [-0.1, -0.05) is 18.5 Å². The number of carbonyl (C=O) groups is 2. The largest absolute Gasteiger partial charge is 0.381 e. The summed E-state index contributed by atoms with van der Waals surface area (Å²) >= 11 is 6.08. The van der Waals surface area contributed by atoms with Gasteiger partial charge in [-0.2, -0.15) is 0 Å². The van der Waals surface area contributed by atoms with Crippen LogP contribution >= 0.6 is 11.6 Å². The molecule has 3 N–H and O–H groups in total. The third kappa shape index (κ3) is 5.41. The monoisotopic (exact) mass is 339 g/mol. The maximum absolute atomic E-state index is 12.0. The Balaban J connectivity index is 1.92. The molecule has 1 aromatic rings. The van der Waals surface area contributed by atoms with Gasteiger partial charge in [0.25, 0.3) is 5.91 Å². The highest BCUT2D eigenvalue weighted by atomic mass is 35.5. The number of urea groups is 1. The minimum atomic E-state index is -0.343. The van der Waals surface area contributed by atoms with E-state index in [9.17, 15) is 9.59 Å². The van der Waals surface area contributed by atoms with E-state index < -0.39 is 0 Å². The molecule has 7 heteroatoms. The zero-order chi connectivity index (χ0) is 16.7. The molecule has 0 spiro atoms. The Kier molecular flexibility index (Phi) is 6.67. The van der Waals surface area contributed by atoms with Crippen LogP contribution in [0.1, 0.15) is 30.1 Å². The highest BCUT2D eigenvalue weighted by Crippen LogP contribution is 2.23. The van der Waals surface area contributed by atoms with Crippen molar-refractivity contribution in [2.45, 2.75) is 19.8 Å². The van der Waals surface area contributed by atoms with E-state index in [1.807, 2.05) is 6.92 Å². The summed E-state index contributed by atoms with van der Waals surface area (Å²) in [6.07, 6.45) is 1.81. The van der Waals surface area contributed by atoms with Gasteiger partial charge in [-0.15, -0.1) is 0 Å². The number of amides is 3. The fraction of sp³-hybridized carbons (Fsp3) is 0.500. The number of ether oxygens (including phenoxy) is 1. The average Bonchev–Trinajstić information content (AvgIpc) is 3.06. The van der Waals surface area contributed by atoms with Crippen molar-refractivity contribution in [3.8, 4) is 0 Å². The summed E-state index contributed by atoms with van der Waals surface area (Å²) in [7, 11) is 0. The summed E-state index contributed by atoms with van der Waals surface area (Å²) in [6.45, 7) is 4.56. The highest BCUT2D eigenvalue weighted by Gasteiger charge is 2.17. The molecule has 2 rings (SSSR count). The predicted octanol–water partition coefficient (Wildman–Crippen LogP) is 2.64. The van der Waals surface area contributed by atoms with Crippen molar-refractivity contribution in [1.29, 1.82) is 0 Å². The van der Waals surface area contributed by atoms with Gasteiger partial charge < -0.3 is 20.7 Å². The lowest BCUT2D eigenvalue weighted by Crippen LogP contribution is -2.33. The quantitative estimate of drug-likeness (QED) is 0.745. The zero-order valence-electron chi connectivity index (χ0n) is 13.2.